The number of rotatable bonds is 8. The first-order valence-corrected chi connectivity index (χ1v) is 14.4. The first-order valence-electron chi connectivity index (χ1n) is 12.5. The van der Waals surface area contributed by atoms with E-state index in [9.17, 15) is 12.8 Å². The van der Waals surface area contributed by atoms with Gasteiger partial charge in [-0.05, 0) is 54.7 Å². The van der Waals surface area contributed by atoms with E-state index in [2.05, 4.69) is 20.9 Å². The SMILES string of the molecule is CS(=O)(=O)N(CCN1CCOCC1)c1cc2oc(-c3ccc(F)cc3)c(-c3ncc[nH]3)c2cc1C1CC1. The smallest absolute Gasteiger partial charge is 0.232 e. The van der Waals surface area contributed by atoms with Gasteiger partial charge in [0, 0.05) is 55.6 Å². The number of aromatic amines is 1. The van der Waals surface area contributed by atoms with E-state index in [0.717, 1.165) is 42.4 Å². The number of ether oxygens (including phenoxy) is 1. The molecule has 6 rings (SSSR count). The molecule has 2 aromatic heterocycles. The molecule has 194 valence electrons. The molecule has 0 bridgehead atoms. The van der Waals surface area contributed by atoms with Crippen LogP contribution in [0, 0.1) is 5.82 Å². The Morgan fingerprint density at radius 2 is 1.92 bits per heavy atom. The number of halogens is 1. The van der Waals surface area contributed by atoms with Crippen molar-refractivity contribution >= 4 is 26.7 Å². The van der Waals surface area contributed by atoms with Crippen LogP contribution in [0.2, 0.25) is 0 Å². The summed E-state index contributed by atoms with van der Waals surface area (Å²) in [7, 11) is -3.55. The van der Waals surface area contributed by atoms with Crippen molar-refractivity contribution in [2.45, 2.75) is 18.8 Å². The lowest BCUT2D eigenvalue weighted by molar-refractivity contribution is 0.0395. The normalized spacial score (nSPS) is 16.9. The number of morpholine rings is 1. The van der Waals surface area contributed by atoms with Crippen molar-refractivity contribution in [3.05, 3.63) is 60.2 Å². The van der Waals surface area contributed by atoms with E-state index in [-0.39, 0.29) is 5.82 Å². The molecule has 1 aliphatic carbocycles. The highest BCUT2D eigenvalue weighted by Gasteiger charge is 2.33. The molecule has 4 aromatic rings. The van der Waals surface area contributed by atoms with Gasteiger partial charge in [-0.1, -0.05) is 0 Å². The molecule has 2 fully saturated rings. The highest BCUT2D eigenvalue weighted by Crippen LogP contribution is 2.49. The van der Waals surface area contributed by atoms with Crippen LogP contribution in [0.25, 0.3) is 33.7 Å². The number of hydrogen-bond donors (Lipinski definition) is 1. The Morgan fingerprint density at radius 3 is 2.57 bits per heavy atom. The minimum atomic E-state index is -3.55. The number of sulfonamides is 1. The minimum Gasteiger partial charge on any atom is -0.455 e. The maximum absolute atomic E-state index is 13.7. The van der Waals surface area contributed by atoms with Gasteiger partial charge in [-0.2, -0.15) is 0 Å². The zero-order chi connectivity index (χ0) is 25.6. The van der Waals surface area contributed by atoms with E-state index in [0.29, 0.717) is 60.6 Å². The third-order valence-corrected chi connectivity index (χ3v) is 8.27. The van der Waals surface area contributed by atoms with Crippen LogP contribution < -0.4 is 4.31 Å². The average molecular weight is 525 g/mol. The van der Waals surface area contributed by atoms with E-state index in [1.54, 1.807) is 24.5 Å². The standard InChI is InChI=1S/C27H29FN4O4S/c1-37(33,34)32(11-10-31-12-14-35-15-13-31)23-17-24-22(16-21(23)18-2-3-18)25(27-29-8-9-30-27)26(36-24)19-4-6-20(28)7-5-19/h4-9,16-18H,2-3,10-15H2,1H3,(H,29,30). The van der Waals surface area contributed by atoms with Gasteiger partial charge >= 0.3 is 0 Å². The summed E-state index contributed by atoms with van der Waals surface area (Å²) in [6, 6.07) is 10.0. The maximum Gasteiger partial charge on any atom is 0.232 e. The fourth-order valence-corrected chi connectivity index (χ4v) is 5.98. The molecular weight excluding hydrogens is 495 g/mol. The monoisotopic (exact) mass is 524 g/mol. The fourth-order valence-electron chi connectivity index (χ4n) is 5.05. The lowest BCUT2D eigenvalue weighted by atomic mass is 10.0. The van der Waals surface area contributed by atoms with Crippen molar-refractivity contribution in [2.24, 2.45) is 0 Å². The predicted octanol–water partition coefficient (Wildman–Crippen LogP) is 4.60. The van der Waals surface area contributed by atoms with Crippen molar-refractivity contribution in [1.29, 1.82) is 0 Å². The van der Waals surface area contributed by atoms with Crippen LogP contribution in [-0.2, 0) is 14.8 Å². The molecule has 3 heterocycles. The van der Waals surface area contributed by atoms with Crippen molar-refractivity contribution < 1.29 is 22.0 Å². The van der Waals surface area contributed by atoms with E-state index in [1.165, 1.54) is 22.7 Å². The van der Waals surface area contributed by atoms with E-state index < -0.39 is 10.0 Å². The molecule has 1 N–H and O–H groups in total. The number of H-pyrrole nitrogens is 1. The van der Waals surface area contributed by atoms with Crippen molar-refractivity contribution in [3.8, 4) is 22.7 Å². The largest absolute Gasteiger partial charge is 0.455 e. The Bertz CT molecular complexity index is 1510. The van der Waals surface area contributed by atoms with Gasteiger partial charge in [0.1, 0.15) is 23.0 Å². The average Bonchev–Trinajstić information content (AvgIpc) is 3.45. The third kappa shape index (κ3) is 4.88. The molecule has 2 aromatic carbocycles. The van der Waals surface area contributed by atoms with Crippen LogP contribution in [0.5, 0.6) is 0 Å². The van der Waals surface area contributed by atoms with Crippen molar-refractivity contribution in [1.82, 2.24) is 14.9 Å². The number of nitrogens with one attached hydrogen (secondary N) is 1. The Kier molecular flexibility index (Phi) is 6.26. The molecule has 0 atom stereocenters. The number of nitrogens with zero attached hydrogens (tertiary/aromatic N) is 3. The Hall–Kier alpha value is -3.21. The van der Waals surface area contributed by atoms with Gasteiger partial charge in [0.25, 0.3) is 0 Å². The van der Waals surface area contributed by atoms with Gasteiger partial charge in [-0.3, -0.25) is 9.21 Å². The van der Waals surface area contributed by atoms with E-state index in [1.807, 2.05) is 6.07 Å². The molecule has 10 heteroatoms. The summed E-state index contributed by atoms with van der Waals surface area (Å²) < 4.78 is 53.1. The Labute approximate surface area is 215 Å². The summed E-state index contributed by atoms with van der Waals surface area (Å²) in [4.78, 5) is 9.87. The zero-order valence-corrected chi connectivity index (χ0v) is 21.4. The van der Waals surface area contributed by atoms with E-state index >= 15 is 0 Å². The first kappa shape index (κ1) is 24.1. The second-order valence-corrected chi connectivity index (χ2v) is 11.6. The van der Waals surface area contributed by atoms with Crippen LogP contribution >= 0.6 is 0 Å². The first-order chi connectivity index (χ1) is 17.9. The summed E-state index contributed by atoms with van der Waals surface area (Å²) in [6.45, 7) is 3.87. The molecule has 0 amide bonds. The molecule has 0 spiro atoms. The van der Waals surface area contributed by atoms with Crippen LogP contribution in [0.1, 0.15) is 24.3 Å². The predicted molar refractivity (Wildman–Crippen MR) is 141 cm³/mol. The summed E-state index contributed by atoms with van der Waals surface area (Å²) in [5.74, 6) is 1.16. The minimum absolute atomic E-state index is 0.292. The Morgan fingerprint density at radius 1 is 1.16 bits per heavy atom. The summed E-state index contributed by atoms with van der Waals surface area (Å²) >= 11 is 0. The van der Waals surface area contributed by atoms with Gasteiger partial charge in [0.05, 0.1) is 30.7 Å². The van der Waals surface area contributed by atoms with Gasteiger partial charge in [-0.15, -0.1) is 0 Å². The highest BCUT2D eigenvalue weighted by atomic mass is 32.2. The number of benzene rings is 2. The lowest BCUT2D eigenvalue weighted by Crippen LogP contribution is -2.43. The molecule has 1 aliphatic heterocycles. The molecular formula is C27H29FN4O4S. The van der Waals surface area contributed by atoms with Crippen LogP contribution in [0.3, 0.4) is 0 Å². The summed E-state index contributed by atoms with van der Waals surface area (Å²) in [5, 5.41) is 0.849. The number of aromatic nitrogens is 2. The van der Waals surface area contributed by atoms with Crippen LogP contribution in [-0.4, -0.2) is 68.9 Å². The van der Waals surface area contributed by atoms with Gasteiger partial charge in [0.15, 0.2) is 0 Å². The molecule has 2 aliphatic rings. The second kappa shape index (κ2) is 9.59. The quantitative estimate of drug-likeness (QED) is 0.362. The summed E-state index contributed by atoms with van der Waals surface area (Å²) in [6.07, 6.45) is 6.70. The number of fused-ring (bicyclic) bond motifs is 1. The molecule has 0 unspecified atom stereocenters. The molecule has 0 radical (unpaired) electrons. The molecule has 1 saturated heterocycles. The maximum atomic E-state index is 13.7. The fraction of sp³-hybridized carbons (Fsp3) is 0.370. The van der Waals surface area contributed by atoms with Crippen molar-refractivity contribution in [3.63, 3.8) is 0 Å². The van der Waals surface area contributed by atoms with Crippen LogP contribution in [0.4, 0.5) is 10.1 Å². The van der Waals surface area contributed by atoms with Crippen LogP contribution in [0.15, 0.2) is 53.2 Å². The van der Waals surface area contributed by atoms with Gasteiger partial charge in [0.2, 0.25) is 10.0 Å². The number of anilines is 1. The molecule has 8 nitrogen and oxygen atoms in total. The Balaban J connectivity index is 1.49. The third-order valence-electron chi connectivity index (χ3n) is 7.09. The summed E-state index contributed by atoms with van der Waals surface area (Å²) in [5.41, 5.74) is 3.71. The lowest BCUT2D eigenvalue weighted by Gasteiger charge is -2.31. The zero-order valence-electron chi connectivity index (χ0n) is 20.6. The number of imidazole rings is 1. The van der Waals surface area contributed by atoms with Gasteiger partial charge < -0.3 is 14.1 Å². The van der Waals surface area contributed by atoms with Crippen molar-refractivity contribution in [2.75, 3.05) is 50.0 Å². The number of furan rings is 1. The van der Waals surface area contributed by atoms with E-state index in [4.69, 9.17) is 9.15 Å². The second-order valence-electron chi connectivity index (χ2n) is 9.72. The van der Waals surface area contributed by atoms with Gasteiger partial charge in [-0.25, -0.2) is 17.8 Å². The number of hydrogen-bond acceptors (Lipinski definition) is 6. The highest BCUT2D eigenvalue weighted by molar-refractivity contribution is 7.92. The molecule has 1 saturated carbocycles. The molecule has 37 heavy (non-hydrogen) atoms. The topological polar surface area (TPSA) is 91.7 Å².